The second-order valence-corrected chi connectivity index (χ2v) is 5.22. The van der Waals surface area contributed by atoms with E-state index in [2.05, 4.69) is 10.6 Å². The highest BCUT2D eigenvalue weighted by Crippen LogP contribution is 2.18. The number of carbonyl (C=O) groups excluding carboxylic acids is 1. The molecule has 4 nitrogen and oxygen atoms in total. The maximum absolute atomic E-state index is 12.0. The van der Waals surface area contributed by atoms with Crippen LogP contribution in [-0.2, 0) is 6.54 Å². The quantitative estimate of drug-likeness (QED) is 0.760. The Morgan fingerprint density at radius 1 is 0.957 bits per heavy atom. The summed E-state index contributed by atoms with van der Waals surface area (Å²) in [6, 6.07) is 21.3. The number of anilines is 1. The predicted molar refractivity (Wildman–Crippen MR) is 92.8 cm³/mol. The van der Waals surface area contributed by atoms with E-state index in [0.29, 0.717) is 6.54 Å². The number of urea groups is 1. The fourth-order valence-electron chi connectivity index (χ4n) is 2.37. The molecule has 0 radical (unpaired) electrons. The van der Waals surface area contributed by atoms with Crippen LogP contribution in [0.1, 0.15) is 5.56 Å². The Morgan fingerprint density at radius 2 is 1.70 bits per heavy atom. The van der Waals surface area contributed by atoms with Gasteiger partial charge < -0.3 is 15.4 Å². The lowest BCUT2D eigenvalue weighted by molar-refractivity contribution is 0.251. The molecule has 0 aliphatic heterocycles. The van der Waals surface area contributed by atoms with Crippen LogP contribution < -0.4 is 15.4 Å². The summed E-state index contributed by atoms with van der Waals surface area (Å²) >= 11 is 0. The highest BCUT2D eigenvalue weighted by molar-refractivity contribution is 5.93. The molecular formula is C19H18N2O2. The molecular weight excluding hydrogens is 288 g/mol. The molecule has 0 aliphatic rings. The van der Waals surface area contributed by atoms with Gasteiger partial charge in [0.15, 0.2) is 0 Å². The second kappa shape index (κ2) is 6.83. The van der Waals surface area contributed by atoms with E-state index in [4.69, 9.17) is 4.74 Å². The molecule has 0 aromatic heterocycles. The normalized spacial score (nSPS) is 10.3. The molecule has 3 rings (SSSR count). The van der Waals surface area contributed by atoms with Crippen molar-refractivity contribution in [3.05, 3.63) is 72.3 Å². The zero-order valence-corrected chi connectivity index (χ0v) is 12.9. The smallest absolute Gasteiger partial charge is 0.319 e. The van der Waals surface area contributed by atoms with Crippen molar-refractivity contribution in [3.63, 3.8) is 0 Å². The van der Waals surface area contributed by atoms with Crippen LogP contribution in [0.3, 0.4) is 0 Å². The van der Waals surface area contributed by atoms with Crippen molar-refractivity contribution in [3.8, 4) is 5.75 Å². The lowest BCUT2D eigenvalue weighted by Gasteiger charge is -2.09. The van der Waals surface area contributed by atoms with Crippen LogP contribution in [0.2, 0.25) is 0 Å². The summed E-state index contributed by atoms with van der Waals surface area (Å²) in [4.78, 5) is 12.0. The van der Waals surface area contributed by atoms with E-state index in [0.717, 1.165) is 27.8 Å². The van der Waals surface area contributed by atoms with Crippen LogP contribution in [0.15, 0.2) is 66.7 Å². The molecule has 3 aromatic rings. The molecule has 0 aliphatic carbocycles. The van der Waals surface area contributed by atoms with E-state index in [-0.39, 0.29) is 6.03 Å². The molecule has 0 bridgehead atoms. The van der Waals surface area contributed by atoms with Crippen molar-refractivity contribution in [2.75, 3.05) is 12.4 Å². The molecule has 0 fully saturated rings. The molecule has 0 unspecified atom stereocenters. The van der Waals surface area contributed by atoms with Crippen molar-refractivity contribution in [2.24, 2.45) is 0 Å². The molecule has 3 aromatic carbocycles. The second-order valence-electron chi connectivity index (χ2n) is 5.22. The Bertz CT molecular complexity index is 813. The Kier molecular flexibility index (Phi) is 4.43. The van der Waals surface area contributed by atoms with Gasteiger partial charge in [-0.25, -0.2) is 4.79 Å². The van der Waals surface area contributed by atoms with Crippen LogP contribution in [-0.4, -0.2) is 13.1 Å². The molecule has 0 atom stereocenters. The number of nitrogens with one attached hydrogen (secondary N) is 2. The number of fused-ring (bicyclic) bond motifs is 1. The number of carbonyl (C=O) groups is 1. The summed E-state index contributed by atoms with van der Waals surface area (Å²) in [6.07, 6.45) is 0. The minimum atomic E-state index is -0.226. The summed E-state index contributed by atoms with van der Waals surface area (Å²) in [7, 11) is 1.63. The number of hydrogen-bond donors (Lipinski definition) is 2. The first-order valence-corrected chi connectivity index (χ1v) is 7.41. The van der Waals surface area contributed by atoms with Crippen molar-refractivity contribution in [1.29, 1.82) is 0 Å². The highest BCUT2D eigenvalue weighted by Gasteiger charge is 2.03. The largest absolute Gasteiger partial charge is 0.497 e. The Hall–Kier alpha value is -3.01. The van der Waals surface area contributed by atoms with Crippen LogP contribution in [0.5, 0.6) is 5.75 Å². The maximum atomic E-state index is 12.0. The molecule has 2 amide bonds. The summed E-state index contributed by atoms with van der Waals surface area (Å²) < 4.78 is 5.11. The van der Waals surface area contributed by atoms with Gasteiger partial charge in [-0.3, -0.25) is 0 Å². The van der Waals surface area contributed by atoms with Crippen molar-refractivity contribution in [1.82, 2.24) is 5.32 Å². The first-order valence-electron chi connectivity index (χ1n) is 7.41. The van der Waals surface area contributed by atoms with Gasteiger partial charge in [0, 0.05) is 12.2 Å². The molecule has 0 saturated carbocycles. The minimum Gasteiger partial charge on any atom is -0.497 e. The van der Waals surface area contributed by atoms with Crippen molar-refractivity contribution in [2.45, 2.75) is 6.54 Å². The number of rotatable bonds is 4. The van der Waals surface area contributed by atoms with Crippen LogP contribution in [0, 0.1) is 0 Å². The molecule has 2 N–H and O–H groups in total. The predicted octanol–water partition coefficient (Wildman–Crippen LogP) is 4.17. The van der Waals surface area contributed by atoms with Crippen molar-refractivity contribution >= 4 is 22.5 Å². The Labute approximate surface area is 135 Å². The summed E-state index contributed by atoms with van der Waals surface area (Å²) in [6.45, 7) is 0.462. The average Bonchev–Trinajstić information content (AvgIpc) is 2.60. The summed E-state index contributed by atoms with van der Waals surface area (Å²) in [5, 5.41) is 7.94. The summed E-state index contributed by atoms with van der Waals surface area (Å²) in [5.74, 6) is 0.800. The first kappa shape index (κ1) is 14.9. The van der Waals surface area contributed by atoms with Gasteiger partial charge in [0.2, 0.25) is 0 Å². The van der Waals surface area contributed by atoms with Gasteiger partial charge in [-0.05, 0) is 40.6 Å². The van der Waals surface area contributed by atoms with E-state index in [9.17, 15) is 4.79 Å². The zero-order chi connectivity index (χ0) is 16.1. The molecule has 0 saturated heterocycles. The topological polar surface area (TPSA) is 50.4 Å². The molecule has 0 heterocycles. The summed E-state index contributed by atoms with van der Waals surface area (Å²) in [5.41, 5.74) is 1.79. The van der Waals surface area contributed by atoms with Gasteiger partial charge in [-0.1, -0.05) is 42.5 Å². The van der Waals surface area contributed by atoms with Gasteiger partial charge in [0.1, 0.15) is 5.75 Å². The monoisotopic (exact) mass is 306 g/mol. The van der Waals surface area contributed by atoms with E-state index in [1.54, 1.807) is 7.11 Å². The van der Waals surface area contributed by atoms with E-state index in [1.165, 1.54) is 0 Å². The van der Waals surface area contributed by atoms with Crippen LogP contribution >= 0.6 is 0 Å². The Balaban J connectivity index is 1.59. The SMILES string of the molecule is COc1ccc(CNC(=O)Nc2ccc3ccccc3c2)cc1. The molecule has 23 heavy (non-hydrogen) atoms. The van der Waals surface area contributed by atoms with Crippen LogP contribution in [0.25, 0.3) is 10.8 Å². The third-order valence-corrected chi connectivity index (χ3v) is 3.62. The standard InChI is InChI=1S/C19H18N2O2/c1-23-18-10-6-14(7-11-18)13-20-19(22)21-17-9-8-15-4-2-3-5-16(15)12-17/h2-12H,13H2,1H3,(H2,20,21,22). The van der Waals surface area contributed by atoms with Gasteiger partial charge >= 0.3 is 6.03 Å². The lowest BCUT2D eigenvalue weighted by atomic mass is 10.1. The number of benzene rings is 3. The van der Waals surface area contributed by atoms with E-state index >= 15 is 0 Å². The maximum Gasteiger partial charge on any atom is 0.319 e. The van der Waals surface area contributed by atoms with E-state index < -0.39 is 0 Å². The first-order chi connectivity index (χ1) is 11.2. The Morgan fingerprint density at radius 3 is 2.43 bits per heavy atom. The van der Waals surface area contributed by atoms with Gasteiger partial charge in [-0.2, -0.15) is 0 Å². The number of amides is 2. The molecule has 4 heteroatoms. The number of ether oxygens (including phenoxy) is 1. The van der Waals surface area contributed by atoms with Gasteiger partial charge in [0.25, 0.3) is 0 Å². The highest BCUT2D eigenvalue weighted by atomic mass is 16.5. The zero-order valence-electron chi connectivity index (χ0n) is 12.9. The fourth-order valence-corrected chi connectivity index (χ4v) is 2.37. The average molecular weight is 306 g/mol. The third kappa shape index (κ3) is 3.80. The fraction of sp³-hybridized carbons (Fsp3) is 0.105. The lowest BCUT2D eigenvalue weighted by Crippen LogP contribution is -2.28. The minimum absolute atomic E-state index is 0.226. The van der Waals surface area contributed by atoms with Crippen LogP contribution in [0.4, 0.5) is 10.5 Å². The number of hydrogen-bond acceptors (Lipinski definition) is 2. The van der Waals surface area contributed by atoms with Crippen molar-refractivity contribution < 1.29 is 9.53 Å². The molecule has 0 spiro atoms. The third-order valence-electron chi connectivity index (χ3n) is 3.62. The van der Waals surface area contributed by atoms with Gasteiger partial charge in [0.05, 0.1) is 7.11 Å². The van der Waals surface area contributed by atoms with E-state index in [1.807, 2.05) is 66.7 Å². The number of methoxy groups -OCH3 is 1. The molecule has 116 valence electrons. The van der Waals surface area contributed by atoms with Gasteiger partial charge in [-0.15, -0.1) is 0 Å².